The molecule has 2 atom stereocenters. The highest BCUT2D eigenvalue weighted by molar-refractivity contribution is 7.20. The molecule has 1 saturated heterocycles. The number of morpholine rings is 1. The number of ether oxygens (including phenoxy) is 2. The molecule has 3 N–H and O–H groups in total. The molecule has 2 aromatic carbocycles. The van der Waals surface area contributed by atoms with Crippen LogP contribution in [0.5, 0.6) is 0 Å². The van der Waals surface area contributed by atoms with E-state index in [2.05, 4.69) is 20.9 Å². The van der Waals surface area contributed by atoms with Gasteiger partial charge in [-0.1, -0.05) is 56.3 Å². The smallest absolute Gasteiger partial charge is 0.407 e. The van der Waals surface area contributed by atoms with Crippen molar-refractivity contribution in [1.29, 1.82) is 0 Å². The maximum Gasteiger partial charge on any atom is 0.407 e. The van der Waals surface area contributed by atoms with E-state index in [1.807, 2.05) is 68.4 Å². The Kier molecular flexibility index (Phi) is 12.5. The summed E-state index contributed by atoms with van der Waals surface area (Å²) in [6.07, 6.45) is 1.36. The molecule has 1 fully saturated rings. The number of unbranched alkanes of at least 4 members (excludes halogenated alkanes) is 1. The van der Waals surface area contributed by atoms with Crippen molar-refractivity contribution in [2.75, 3.05) is 32.8 Å². The number of hydrogen-bond donors (Lipinski definition) is 3. The fraction of sp³-hybridized carbons (Fsp3) is 0.469. The van der Waals surface area contributed by atoms with Gasteiger partial charge in [-0.05, 0) is 49.3 Å². The number of alkyl carbamates (subject to hydrolysis) is 1. The molecular weight excluding hydrogens is 582 g/mol. The predicted octanol–water partition coefficient (Wildman–Crippen LogP) is 4.52. The first-order valence-electron chi connectivity index (χ1n) is 15.1. The second-order valence-electron chi connectivity index (χ2n) is 11.1. The number of carbonyl (C=O) groups is 4. The lowest BCUT2D eigenvalue weighted by Crippen LogP contribution is -2.55. The van der Waals surface area contributed by atoms with Gasteiger partial charge in [0, 0.05) is 19.6 Å². The SMILES string of the molecule is CC(C)C[C@H](NC(=O)N1CCOCC1)C(=O)NC(CCCCNC(=O)OCc1ccccc1)C(=O)c1nc2ccccc2s1. The monoisotopic (exact) mass is 623 g/mol. The van der Waals surface area contributed by atoms with Gasteiger partial charge >= 0.3 is 12.1 Å². The van der Waals surface area contributed by atoms with Crippen LogP contribution in [0.1, 0.15) is 54.9 Å². The number of hydrogen-bond acceptors (Lipinski definition) is 8. The number of para-hydroxylation sites is 1. The number of ketones is 1. The van der Waals surface area contributed by atoms with E-state index in [0.29, 0.717) is 63.5 Å². The van der Waals surface area contributed by atoms with E-state index in [1.54, 1.807) is 4.90 Å². The minimum atomic E-state index is -0.844. The zero-order valence-electron chi connectivity index (χ0n) is 25.3. The van der Waals surface area contributed by atoms with E-state index in [1.165, 1.54) is 11.3 Å². The van der Waals surface area contributed by atoms with Crippen molar-refractivity contribution >= 4 is 45.4 Å². The molecule has 1 unspecified atom stereocenters. The maximum absolute atomic E-state index is 13.7. The second-order valence-corrected chi connectivity index (χ2v) is 12.2. The zero-order chi connectivity index (χ0) is 31.3. The van der Waals surface area contributed by atoms with Crippen LogP contribution in [0, 0.1) is 5.92 Å². The largest absolute Gasteiger partial charge is 0.445 e. The van der Waals surface area contributed by atoms with Crippen molar-refractivity contribution in [2.24, 2.45) is 5.92 Å². The van der Waals surface area contributed by atoms with Gasteiger partial charge in [0.25, 0.3) is 0 Å². The van der Waals surface area contributed by atoms with Crippen LogP contribution in [0.15, 0.2) is 54.6 Å². The van der Waals surface area contributed by atoms with Gasteiger partial charge in [-0.2, -0.15) is 0 Å². The van der Waals surface area contributed by atoms with Crippen LogP contribution in [0.4, 0.5) is 9.59 Å². The van der Waals surface area contributed by atoms with Crippen molar-refractivity contribution in [3.8, 4) is 0 Å². The first kappa shape index (κ1) is 32.9. The van der Waals surface area contributed by atoms with E-state index >= 15 is 0 Å². The molecule has 1 aliphatic rings. The Morgan fingerprint density at radius 1 is 0.955 bits per heavy atom. The van der Waals surface area contributed by atoms with Crippen molar-refractivity contribution in [3.05, 3.63) is 65.2 Å². The molecule has 236 valence electrons. The van der Waals surface area contributed by atoms with Crippen LogP contribution < -0.4 is 16.0 Å². The van der Waals surface area contributed by atoms with E-state index in [-0.39, 0.29) is 24.3 Å². The van der Waals surface area contributed by atoms with Crippen LogP contribution in [0.2, 0.25) is 0 Å². The predicted molar refractivity (Wildman–Crippen MR) is 169 cm³/mol. The molecule has 44 heavy (non-hydrogen) atoms. The standard InChI is InChI=1S/C32H41N5O6S/c1-22(2)20-26(36-31(40)37-16-18-42-19-17-37)29(39)34-25(28(38)30-35-24-12-6-7-14-27(24)44-30)13-8-9-15-33-32(41)43-21-23-10-4-3-5-11-23/h3-7,10-12,14,22,25-26H,8-9,13,15-21H2,1-2H3,(H,33,41)(H,34,39)(H,36,40)/t25?,26-/m0/s1. The first-order chi connectivity index (χ1) is 21.3. The third-order valence-corrected chi connectivity index (χ3v) is 8.21. The molecule has 1 aromatic heterocycles. The average Bonchev–Trinajstić information content (AvgIpc) is 3.47. The van der Waals surface area contributed by atoms with E-state index < -0.39 is 24.1 Å². The molecule has 0 saturated carbocycles. The summed E-state index contributed by atoms with van der Waals surface area (Å²) in [6, 6.07) is 14.9. The average molecular weight is 624 g/mol. The third kappa shape index (κ3) is 10.0. The third-order valence-electron chi connectivity index (χ3n) is 7.16. The summed E-state index contributed by atoms with van der Waals surface area (Å²) >= 11 is 1.29. The Morgan fingerprint density at radius 3 is 2.41 bits per heavy atom. The fourth-order valence-electron chi connectivity index (χ4n) is 4.82. The van der Waals surface area contributed by atoms with Crippen molar-refractivity contribution in [2.45, 2.75) is 58.2 Å². The molecule has 2 heterocycles. The molecule has 11 nitrogen and oxygen atoms in total. The summed E-state index contributed by atoms with van der Waals surface area (Å²) < 4.78 is 11.5. The quantitative estimate of drug-likeness (QED) is 0.177. The number of nitrogens with zero attached hydrogens (tertiary/aromatic N) is 2. The number of amides is 4. The van der Waals surface area contributed by atoms with E-state index in [9.17, 15) is 19.2 Å². The first-order valence-corrected chi connectivity index (χ1v) is 15.9. The number of urea groups is 1. The highest BCUT2D eigenvalue weighted by Gasteiger charge is 2.30. The molecule has 0 bridgehead atoms. The molecular formula is C32H41N5O6S. The molecule has 0 radical (unpaired) electrons. The van der Waals surface area contributed by atoms with E-state index in [4.69, 9.17) is 9.47 Å². The Balaban J connectivity index is 1.37. The minimum absolute atomic E-state index is 0.127. The van der Waals surface area contributed by atoms with Crippen LogP contribution in [0.3, 0.4) is 0 Å². The summed E-state index contributed by atoms with van der Waals surface area (Å²) in [4.78, 5) is 58.4. The summed E-state index contributed by atoms with van der Waals surface area (Å²) in [5.41, 5.74) is 1.62. The van der Waals surface area contributed by atoms with Gasteiger partial charge in [0.15, 0.2) is 5.01 Å². The van der Waals surface area contributed by atoms with Gasteiger partial charge in [-0.15, -0.1) is 11.3 Å². The van der Waals surface area contributed by atoms with Gasteiger partial charge in [0.1, 0.15) is 12.6 Å². The molecule has 0 spiro atoms. The molecule has 12 heteroatoms. The Hall–Kier alpha value is -4.03. The molecule has 4 amide bonds. The number of thiazole rings is 1. The summed E-state index contributed by atoms with van der Waals surface area (Å²) in [5.74, 6) is -0.568. The van der Waals surface area contributed by atoms with Gasteiger partial charge in [0.2, 0.25) is 11.7 Å². The summed E-state index contributed by atoms with van der Waals surface area (Å²) in [5, 5.41) is 8.84. The molecule has 1 aliphatic heterocycles. The second kappa shape index (κ2) is 16.7. The van der Waals surface area contributed by atoms with Gasteiger partial charge in [-0.3, -0.25) is 9.59 Å². The number of carbonyl (C=O) groups excluding carboxylic acids is 4. The summed E-state index contributed by atoms with van der Waals surface area (Å²) in [7, 11) is 0. The molecule has 3 aromatic rings. The highest BCUT2D eigenvalue weighted by Crippen LogP contribution is 2.23. The van der Waals surface area contributed by atoms with Crippen LogP contribution >= 0.6 is 11.3 Å². The normalized spacial score (nSPS) is 14.6. The highest BCUT2D eigenvalue weighted by atomic mass is 32.1. The lowest BCUT2D eigenvalue weighted by Gasteiger charge is -2.30. The molecule has 0 aliphatic carbocycles. The van der Waals surface area contributed by atoms with E-state index in [0.717, 1.165) is 15.8 Å². The van der Waals surface area contributed by atoms with Crippen molar-refractivity contribution in [1.82, 2.24) is 25.8 Å². The van der Waals surface area contributed by atoms with Crippen molar-refractivity contribution < 1.29 is 28.7 Å². The van der Waals surface area contributed by atoms with Crippen LogP contribution in [-0.2, 0) is 20.9 Å². The lowest BCUT2D eigenvalue weighted by molar-refractivity contribution is -0.123. The van der Waals surface area contributed by atoms with Crippen molar-refractivity contribution in [3.63, 3.8) is 0 Å². The Morgan fingerprint density at radius 2 is 1.68 bits per heavy atom. The Labute approximate surface area is 261 Å². The zero-order valence-corrected chi connectivity index (χ0v) is 26.1. The fourth-order valence-corrected chi connectivity index (χ4v) is 5.78. The van der Waals surface area contributed by atoms with Gasteiger partial charge < -0.3 is 30.3 Å². The number of benzene rings is 2. The Bertz CT molecular complexity index is 1360. The number of nitrogens with one attached hydrogen (secondary N) is 3. The topological polar surface area (TPSA) is 139 Å². The van der Waals surface area contributed by atoms with Gasteiger partial charge in [0.05, 0.1) is 29.5 Å². The van der Waals surface area contributed by atoms with Crippen LogP contribution in [-0.4, -0.2) is 78.6 Å². The van der Waals surface area contributed by atoms with Crippen LogP contribution in [0.25, 0.3) is 10.2 Å². The minimum Gasteiger partial charge on any atom is -0.445 e. The number of aromatic nitrogens is 1. The number of Topliss-reactive ketones (excluding diaryl/α,β-unsaturated/α-hetero) is 1. The lowest BCUT2D eigenvalue weighted by atomic mass is 10.0. The number of fused-ring (bicyclic) bond motifs is 1. The summed E-state index contributed by atoms with van der Waals surface area (Å²) in [6.45, 7) is 6.29. The van der Waals surface area contributed by atoms with Gasteiger partial charge in [-0.25, -0.2) is 14.6 Å². The maximum atomic E-state index is 13.7. The molecule has 4 rings (SSSR count). The number of rotatable bonds is 14.